The number of methoxy groups -OCH3 is 2. The van der Waals surface area contributed by atoms with Crippen LogP contribution in [0.1, 0.15) is 43.4 Å². The quantitative estimate of drug-likeness (QED) is 0.341. The third kappa shape index (κ3) is 8.74. The number of hydrogen-bond donors (Lipinski definition) is 1. The number of ether oxygens (including phenoxy) is 2. The van der Waals surface area contributed by atoms with Crippen LogP contribution in [0.15, 0.2) is 42.5 Å². The van der Waals surface area contributed by atoms with Crippen molar-refractivity contribution < 1.29 is 22.6 Å². The van der Waals surface area contributed by atoms with Gasteiger partial charge in [0.1, 0.15) is 0 Å². The van der Waals surface area contributed by atoms with E-state index in [9.17, 15) is 13.2 Å². The van der Waals surface area contributed by atoms with Crippen molar-refractivity contribution in [3.05, 3.63) is 59.2 Å². The maximum absolute atomic E-state index is 13.3. The zero-order valence-electron chi connectivity index (χ0n) is 21.2. The highest BCUT2D eigenvalue weighted by molar-refractivity contribution is 5.85. The van der Waals surface area contributed by atoms with Gasteiger partial charge in [0.25, 0.3) is 0 Å². The summed E-state index contributed by atoms with van der Waals surface area (Å²) in [5.41, 5.74) is 6.89. The van der Waals surface area contributed by atoms with E-state index in [1.807, 2.05) is 32.0 Å². The van der Waals surface area contributed by atoms with Gasteiger partial charge in [-0.15, -0.1) is 24.8 Å². The van der Waals surface area contributed by atoms with E-state index in [1.54, 1.807) is 20.3 Å². The molecule has 2 aromatic carbocycles. The van der Waals surface area contributed by atoms with Crippen molar-refractivity contribution in [2.45, 2.75) is 44.7 Å². The molecule has 0 aliphatic carbocycles. The molecule has 35 heavy (non-hydrogen) atoms. The number of nitrogens with zero attached hydrogens (tertiary/aromatic N) is 1. The predicted octanol–water partition coefficient (Wildman–Crippen LogP) is 6.37. The lowest BCUT2D eigenvalue weighted by Gasteiger charge is -2.38. The van der Waals surface area contributed by atoms with Crippen molar-refractivity contribution in [3.63, 3.8) is 0 Å². The van der Waals surface area contributed by atoms with E-state index in [1.165, 1.54) is 12.1 Å². The standard InChI is InChI=1S/C26H37F3N2O2.2ClH/c1-19(2)25(18-30,21-8-6-9-22(17-21)26(27,28)29)13-7-14-31(3)15-12-20-10-11-23(32-4)24(16-20)33-5;;/h6,8-11,16-17,19H,7,12-15,18,30H2,1-5H3;2*1H. The minimum Gasteiger partial charge on any atom is -0.493 e. The second-order valence-corrected chi connectivity index (χ2v) is 8.94. The highest BCUT2D eigenvalue weighted by atomic mass is 35.5. The van der Waals surface area contributed by atoms with Crippen LogP contribution in [0.5, 0.6) is 11.5 Å². The topological polar surface area (TPSA) is 47.7 Å². The maximum atomic E-state index is 13.3. The van der Waals surface area contributed by atoms with Crippen molar-refractivity contribution in [1.29, 1.82) is 0 Å². The second kappa shape index (κ2) is 14.8. The third-order valence-electron chi connectivity index (χ3n) is 6.63. The molecule has 0 amide bonds. The molecule has 9 heteroatoms. The number of rotatable bonds is 12. The Hall–Kier alpha value is -1.67. The molecule has 0 bridgehead atoms. The van der Waals surface area contributed by atoms with Crippen molar-refractivity contribution in [2.75, 3.05) is 40.9 Å². The number of alkyl halides is 3. The lowest BCUT2D eigenvalue weighted by molar-refractivity contribution is -0.137. The minimum absolute atomic E-state index is 0. The van der Waals surface area contributed by atoms with E-state index in [-0.39, 0.29) is 30.7 Å². The zero-order valence-corrected chi connectivity index (χ0v) is 22.8. The van der Waals surface area contributed by atoms with E-state index in [0.29, 0.717) is 23.6 Å². The molecule has 0 heterocycles. The van der Waals surface area contributed by atoms with Crippen LogP contribution in [0.4, 0.5) is 13.2 Å². The smallest absolute Gasteiger partial charge is 0.416 e. The molecule has 0 aliphatic rings. The van der Waals surface area contributed by atoms with E-state index >= 15 is 0 Å². The van der Waals surface area contributed by atoms with Gasteiger partial charge in [0.05, 0.1) is 19.8 Å². The van der Waals surface area contributed by atoms with E-state index in [4.69, 9.17) is 15.2 Å². The van der Waals surface area contributed by atoms with Crippen LogP contribution in [-0.4, -0.2) is 45.8 Å². The summed E-state index contributed by atoms with van der Waals surface area (Å²) >= 11 is 0. The molecule has 0 spiro atoms. The molecule has 1 atom stereocenters. The van der Waals surface area contributed by atoms with Crippen LogP contribution in [-0.2, 0) is 18.0 Å². The molecular weight excluding hydrogens is 500 g/mol. The molecule has 0 aliphatic heterocycles. The highest BCUT2D eigenvalue weighted by Crippen LogP contribution is 2.39. The van der Waals surface area contributed by atoms with Gasteiger partial charge in [0.15, 0.2) is 11.5 Å². The Labute approximate surface area is 220 Å². The summed E-state index contributed by atoms with van der Waals surface area (Å²) in [7, 11) is 5.30. The van der Waals surface area contributed by atoms with Gasteiger partial charge in [0, 0.05) is 18.5 Å². The third-order valence-corrected chi connectivity index (χ3v) is 6.63. The fourth-order valence-electron chi connectivity index (χ4n) is 4.36. The van der Waals surface area contributed by atoms with E-state index in [0.717, 1.165) is 44.0 Å². The van der Waals surface area contributed by atoms with Crippen molar-refractivity contribution in [3.8, 4) is 11.5 Å². The van der Waals surface area contributed by atoms with Crippen molar-refractivity contribution >= 4 is 24.8 Å². The Morgan fingerprint density at radius 3 is 2.09 bits per heavy atom. The van der Waals surface area contributed by atoms with Gasteiger partial charge < -0.3 is 20.1 Å². The first-order valence-electron chi connectivity index (χ1n) is 11.3. The molecule has 200 valence electrons. The molecule has 0 radical (unpaired) electrons. The van der Waals surface area contributed by atoms with Crippen molar-refractivity contribution in [1.82, 2.24) is 4.90 Å². The Balaban J connectivity index is 0.00000578. The molecular formula is C26H39Cl2F3N2O2. The molecule has 0 fully saturated rings. The largest absolute Gasteiger partial charge is 0.493 e. The average molecular weight is 540 g/mol. The van der Waals surface area contributed by atoms with E-state index in [2.05, 4.69) is 11.9 Å². The first kappa shape index (κ1) is 33.3. The summed E-state index contributed by atoms with van der Waals surface area (Å²) in [5.74, 6) is 1.53. The Morgan fingerprint density at radius 2 is 1.54 bits per heavy atom. The van der Waals surface area contributed by atoms with Crippen molar-refractivity contribution in [2.24, 2.45) is 11.7 Å². The summed E-state index contributed by atoms with van der Waals surface area (Å²) in [6.45, 7) is 6.07. The molecule has 4 nitrogen and oxygen atoms in total. The van der Waals surface area contributed by atoms with Crippen LogP contribution in [0, 0.1) is 5.92 Å². The maximum Gasteiger partial charge on any atom is 0.416 e. The zero-order chi connectivity index (χ0) is 24.6. The summed E-state index contributed by atoms with van der Waals surface area (Å²) in [6, 6.07) is 11.6. The van der Waals surface area contributed by atoms with Crippen LogP contribution < -0.4 is 15.2 Å². The minimum atomic E-state index is -4.36. The van der Waals surface area contributed by atoms with Gasteiger partial charge in [-0.05, 0) is 68.1 Å². The first-order valence-corrected chi connectivity index (χ1v) is 11.3. The number of hydrogen-bond acceptors (Lipinski definition) is 4. The average Bonchev–Trinajstić information content (AvgIpc) is 2.79. The Bertz CT molecular complexity index is 897. The van der Waals surface area contributed by atoms with Gasteiger partial charge in [-0.1, -0.05) is 38.1 Å². The van der Waals surface area contributed by atoms with Crippen LogP contribution in [0.3, 0.4) is 0 Å². The summed E-state index contributed by atoms with van der Waals surface area (Å²) in [4.78, 5) is 2.24. The highest BCUT2D eigenvalue weighted by Gasteiger charge is 2.37. The SMILES string of the molecule is COc1ccc(CCN(C)CCCC(CN)(c2cccc(C(F)(F)F)c2)C(C)C)cc1OC.Cl.Cl. The lowest BCUT2D eigenvalue weighted by Crippen LogP contribution is -2.41. The number of nitrogens with two attached hydrogens (primary N) is 1. The van der Waals surface area contributed by atoms with Gasteiger partial charge in [-0.3, -0.25) is 0 Å². The Morgan fingerprint density at radius 1 is 0.914 bits per heavy atom. The summed E-state index contributed by atoms with van der Waals surface area (Å²) in [6.07, 6.45) is -1.94. The molecule has 2 rings (SSSR count). The van der Waals surface area contributed by atoms with Crippen LogP contribution in [0.25, 0.3) is 0 Å². The van der Waals surface area contributed by atoms with Gasteiger partial charge in [-0.2, -0.15) is 13.2 Å². The summed E-state index contributed by atoms with van der Waals surface area (Å²) in [5, 5.41) is 0. The number of benzene rings is 2. The normalized spacial score (nSPS) is 13.1. The molecule has 0 aromatic heterocycles. The number of halogens is 5. The first-order chi connectivity index (χ1) is 15.6. The molecule has 2 aromatic rings. The Kier molecular flexibility index (Phi) is 14.1. The predicted molar refractivity (Wildman–Crippen MR) is 141 cm³/mol. The molecule has 2 N–H and O–H groups in total. The fraction of sp³-hybridized carbons (Fsp3) is 0.538. The molecule has 0 saturated heterocycles. The fourth-order valence-corrected chi connectivity index (χ4v) is 4.36. The van der Waals surface area contributed by atoms with E-state index < -0.39 is 17.2 Å². The van der Waals surface area contributed by atoms with Gasteiger partial charge in [-0.25, -0.2) is 0 Å². The van der Waals surface area contributed by atoms with Crippen LogP contribution in [0.2, 0.25) is 0 Å². The molecule has 0 saturated carbocycles. The lowest BCUT2D eigenvalue weighted by atomic mass is 9.68. The summed E-state index contributed by atoms with van der Waals surface area (Å²) < 4.78 is 50.5. The van der Waals surface area contributed by atoms with Gasteiger partial charge in [0.2, 0.25) is 0 Å². The molecule has 1 unspecified atom stereocenters. The second-order valence-electron chi connectivity index (χ2n) is 8.94. The van der Waals surface area contributed by atoms with Gasteiger partial charge >= 0.3 is 6.18 Å². The van der Waals surface area contributed by atoms with Crippen LogP contribution >= 0.6 is 24.8 Å². The number of likely N-dealkylation sites (N-methyl/N-ethyl adjacent to an activating group) is 1. The monoisotopic (exact) mass is 538 g/mol.